The Hall–Kier alpha value is -3.03. The molecule has 4 aromatic rings. The molecular formula is C21H16Cl2FN5O. The van der Waals surface area contributed by atoms with Gasteiger partial charge < -0.3 is 4.74 Å². The molecule has 1 unspecified atom stereocenters. The molecule has 3 heterocycles. The highest BCUT2D eigenvalue weighted by Gasteiger charge is 2.20. The van der Waals surface area contributed by atoms with Crippen LogP contribution in [0.5, 0.6) is 5.75 Å². The summed E-state index contributed by atoms with van der Waals surface area (Å²) < 4.78 is 21.6. The smallest absolute Gasteiger partial charge is 0.156 e. The standard InChI is InChI=1S/C21H16Cl2FN5O/c1-12-18(30-13(2)20-16(22)3-4-17(24)21(20)23)7-14(8-26-12)15-9-28-29(10-15)19-5-6-25-11-27-19/h3-11,13H,1-2H3. The van der Waals surface area contributed by atoms with Gasteiger partial charge in [-0.3, -0.25) is 4.98 Å². The number of ether oxygens (including phenoxy) is 1. The first-order valence-corrected chi connectivity index (χ1v) is 9.77. The minimum Gasteiger partial charge on any atom is -0.484 e. The van der Waals surface area contributed by atoms with Crippen molar-refractivity contribution in [1.29, 1.82) is 0 Å². The highest BCUT2D eigenvalue weighted by Crippen LogP contribution is 2.36. The lowest BCUT2D eigenvalue weighted by Crippen LogP contribution is -2.07. The molecule has 0 aliphatic heterocycles. The van der Waals surface area contributed by atoms with Crippen LogP contribution in [0.25, 0.3) is 16.9 Å². The largest absolute Gasteiger partial charge is 0.484 e. The maximum atomic E-state index is 13.9. The third-order valence-corrected chi connectivity index (χ3v) is 5.26. The Balaban J connectivity index is 1.63. The van der Waals surface area contributed by atoms with Gasteiger partial charge in [0.05, 0.1) is 16.9 Å². The monoisotopic (exact) mass is 443 g/mol. The quantitative estimate of drug-likeness (QED) is 0.374. The molecule has 0 amide bonds. The van der Waals surface area contributed by atoms with Gasteiger partial charge in [0.1, 0.15) is 24.0 Å². The molecule has 0 saturated carbocycles. The van der Waals surface area contributed by atoms with Crippen molar-refractivity contribution < 1.29 is 9.13 Å². The number of halogens is 3. The molecule has 0 aliphatic rings. The molecule has 9 heteroatoms. The molecule has 30 heavy (non-hydrogen) atoms. The number of nitrogens with zero attached hydrogens (tertiary/aromatic N) is 5. The average molecular weight is 444 g/mol. The van der Waals surface area contributed by atoms with Crippen LogP contribution in [0.4, 0.5) is 4.39 Å². The summed E-state index contributed by atoms with van der Waals surface area (Å²) in [5.74, 6) is 0.634. The third kappa shape index (κ3) is 3.99. The van der Waals surface area contributed by atoms with Crippen LogP contribution in [0.2, 0.25) is 10.0 Å². The second kappa shape index (κ2) is 8.38. The number of aryl methyl sites for hydroxylation is 1. The lowest BCUT2D eigenvalue weighted by atomic mass is 10.1. The first-order valence-electron chi connectivity index (χ1n) is 9.02. The van der Waals surface area contributed by atoms with Gasteiger partial charge in [0.25, 0.3) is 0 Å². The van der Waals surface area contributed by atoms with Crippen LogP contribution in [0.3, 0.4) is 0 Å². The van der Waals surface area contributed by atoms with E-state index in [1.54, 1.807) is 36.3 Å². The van der Waals surface area contributed by atoms with Crippen LogP contribution in [-0.2, 0) is 0 Å². The van der Waals surface area contributed by atoms with Gasteiger partial charge in [0.2, 0.25) is 0 Å². The average Bonchev–Trinajstić information content (AvgIpc) is 3.24. The fourth-order valence-electron chi connectivity index (χ4n) is 2.97. The summed E-state index contributed by atoms with van der Waals surface area (Å²) in [6.07, 6.45) is 7.80. The topological polar surface area (TPSA) is 65.7 Å². The predicted octanol–water partition coefficient (Wildman–Crippen LogP) is 5.62. The van der Waals surface area contributed by atoms with E-state index in [0.29, 0.717) is 27.8 Å². The van der Waals surface area contributed by atoms with Crippen LogP contribution in [0.1, 0.15) is 24.3 Å². The summed E-state index contributed by atoms with van der Waals surface area (Å²) in [5, 5.41) is 4.62. The maximum Gasteiger partial charge on any atom is 0.156 e. The van der Waals surface area contributed by atoms with Crippen molar-refractivity contribution in [3.63, 3.8) is 0 Å². The molecule has 0 N–H and O–H groups in total. The van der Waals surface area contributed by atoms with Crippen molar-refractivity contribution in [2.75, 3.05) is 0 Å². The Labute approximate surface area is 182 Å². The van der Waals surface area contributed by atoms with E-state index in [1.807, 2.05) is 19.2 Å². The fourth-order valence-corrected chi connectivity index (χ4v) is 3.65. The summed E-state index contributed by atoms with van der Waals surface area (Å²) in [6, 6.07) is 6.29. The van der Waals surface area contributed by atoms with Crippen LogP contribution in [-0.4, -0.2) is 24.7 Å². The Bertz CT molecular complexity index is 1200. The van der Waals surface area contributed by atoms with Gasteiger partial charge in [0.15, 0.2) is 5.82 Å². The van der Waals surface area contributed by atoms with E-state index in [9.17, 15) is 4.39 Å². The van der Waals surface area contributed by atoms with Gasteiger partial charge in [-0.25, -0.2) is 19.0 Å². The summed E-state index contributed by atoms with van der Waals surface area (Å²) in [6.45, 7) is 3.58. The van der Waals surface area contributed by atoms with E-state index < -0.39 is 11.9 Å². The Kier molecular flexibility index (Phi) is 5.65. The van der Waals surface area contributed by atoms with Crippen LogP contribution in [0.15, 0.2) is 55.4 Å². The Morgan fingerprint density at radius 2 is 1.93 bits per heavy atom. The summed E-state index contributed by atoms with van der Waals surface area (Å²) >= 11 is 12.3. The predicted molar refractivity (Wildman–Crippen MR) is 113 cm³/mol. The van der Waals surface area contributed by atoms with Crippen molar-refractivity contribution in [2.45, 2.75) is 20.0 Å². The van der Waals surface area contributed by atoms with Crippen LogP contribution >= 0.6 is 23.2 Å². The molecule has 152 valence electrons. The number of rotatable bonds is 5. The second-order valence-corrected chi connectivity index (χ2v) is 7.35. The number of hydrogen-bond acceptors (Lipinski definition) is 5. The molecule has 0 bridgehead atoms. The molecule has 0 saturated heterocycles. The van der Waals surface area contributed by atoms with Crippen molar-refractivity contribution in [1.82, 2.24) is 24.7 Å². The number of benzene rings is 1. The van der Waals surface area contributed by atoms with Gasteiger partial charge in [-0.1, -0.05) is 23.2 Å². The molecule has 4 rings (SSSR count). The zero-order chi connectivity index (χ0) is 21.3. The zero-order valence-corrected chi connectivity index (χ0v) is 17.6. The Morgan fingerprint density at radius 3 is 2.70 bits per heavy atom. The Morgan fingerprint density at radius 1 is 1.10 bits per heavy atom. The maximum absolute atomic E-state index is 13.9. The molecule has 0 radical (unpaired) electrons. The van der Waals surface area contributed by atoms with Gasteiger partial charge in [-0.15, -0.1) is 0 Å². The molecule has 0 aliphatic carbocycles. The van der Waals surface area contributed by atoms with E-state index >= 15 is 0 Å². The van der Waals surface area contributed by atoms with Gasteiger partial charge >= 0.3 is 0 Å². The lowest BCUT2D eigenvalue weighted by molar-refractivity contribution is 0.224. The lowest BCUT2D eigenvalue weighted by Gasteiger charge is -2.19. The van der Waals surface area contributed by atoms with Crippen molar-refractivity contribution >= 4 is 23.2 Å². The van der Waals surface area contributed by atoms with Gasteiger partial charge in [-0.05, 0) is 32.0 Å². The molecule has 1 atom stereocenters. The number of aromatic nitrogens is 5. The molecule has 0 spiro atoms. The van der Waals surface area contributed by atoms with E-state index in [0.717, 1.165) is 11.1 Å². The minimum absolute atomic E-state index is 0.0529. The summed E-state index contributed by atoms with van der Waals surface area (Å²) in [5.41, 5.74) is 2.71. The van der Waals surface area contributed by atoms with Crippen molar-refractivity contribution in [2.24, 2.45) is 0 Å². The van der Waals surface area contributed by atoms with E-state index in [2.05, 4.69) is 20.1 Å². The minimum atomic E-state index is -0.583. The van der Waals surface area contributed by atoms with Crippen LogP contribution in [0, 0.1) is 12.7 Å². The molecular weight excluding hydrogens is 428 g/mol. The first kappa shape index (κ1) is 20.3. The van der Waals surface area contributed by atoms with E-state index in [-0.39, 0.29) is 5.02 Å². The summed E-state index contributed by atoms with van der Waals surface area (Å²) in [7, 11) is 0. The highest BCUT2D eigenvalue weighted by molar-refractivity contribution is 6.36. The molecule has 6 nitrogen and oxygen atoms in total. The van der Waals surface area contributed by atoms with Crippen molar-refractivity contribution in [3.8, 4) is 22.7 Å². The number of hydrogen-bond donors (Lipinski definition) is 0. The highest BCUT2D eigenvalue weighted by atomic mass is 35.5. The van der Waals surface area contributed by atoms with Crippen molar-refractivity contribution in [3.05, 3.63) is 82.5 Å². The van der Waals surface area contributed by atoms with E-state index in [1.165, 1.54) is 18.5 Å². The SMILES string of the molecule is Cc1ncc(-c2cnn(-c3ccncn3)c2)cc1OC(C)c1c(Cl)ccc(F)c1Cl. The molecule has 3 aromatic heterocycles. The van der Waals surface area contributed by atoms with E-state index in [4.69, 9.17) is 27.9 Å². The van der Waals surface area contributed by atoms with Gasteiger partial charge in [-0.2, -0.15) is 5.10 Å². The van der Waals surface area contributed by atoms with Gasteiger partial charge in [0, 0.05) is 46.4 Å². The zero-order valence-electron chi connectivity index (χ0n) is 16.1. The molecule has 0 fully saturated rings. The fraction of sp³-hybridized carbons (Fsp3) is 0.143. The second-order valence-electron chi connectivity index (χ2n) is 6.57. The van der Waals surface area contributed by atoms with Crippen LogP contribution < -0.4 is 4.74 Å². The first-order chi connectivity index (χ1) is 14.4. The third-order valence-electron chi connectivity index (χ3n) is 4.55. The number of pyridine rings is 1. The summed E-state index contributed by atoms with van der Waals surface area (Å²) in [4.78, 5) is 12.5. The normalized spacial score (nSPS) is 12.0. The molecule has 1 aromatic carbocycles.